The minimum Gasteiger partial charge on any atom is -0.295 e. The van der Waals surface area contributed by atoms with Crippen molar-refractivity contribution in [3.8, 4) is 5.69 Å². The van der Waals surface area contributed by atoms with Crippen LogP contribution in [-0.2, 0) is 0 Å². The lowest BCUT2D eigenvalue weighted by molar-refractivity contribution is 0.101. The van der Waals surface area contributed by atoms with Gasteiger partial charge in [0.1, 0.15) is 0 Å². The summed E-state index contributed by atoms with van der Waals surface area (Å²) < 4.78 is 1.85. The van der Waals surface area contributed by atoms with Gasteiger partial charge in [0.05, 0.1) is 11.4 Å². The van der Waals surface area contributed by atoms with Crippen LogP contribution in [0.4, 0.5) is 0 Å². The van der Waals surface area contributed by atoms with Gasteiger partial charge in [-0.2, -0.15) is 5.10 Å². The smallest absolute Gasteiger partial charge is 0.159 e. The zero-order valence-corrected chi connectivity index (χ0v) is 9.76. The average molecular weight is 226 g/mol. The lowest BCUT2D eigenvalue weighted by Crippen LogP contribution is -1.99. The SMILES string of the molecule is CC(=O)c1cccc(-n2ccc(C3CC3)n2)c1. The molecule has 3 nitrogen and oxygen atoms in total. The molecule has 3 rings (SSSR count). The van der Waals surface area contributed by atoms with E-state index >= 15 is 0 Å². The molecule has 3 heteroatoms. The zero-order chi connectivity index (χ0) is 11.8. The highest BCUT2D eigenvalue weighted by Crippen LogP contribution is 2.39. The van der Waals surface area contributed by atoms with Gasteiger partial charge >= 0.3 is 0 Å². The van der Waals surface area contributed by atoms with E-state index < -0.39 is 0 Å². The van der Waals surface area contributed by atoms with Crippen LogP contribution in [0.15, 0.2) is 36.5 Å². The molecule has 2 aromatic rings. The van der Waals surface area contributed by atoms with Crippen molar-refractivity contribution in [1.82, 2.24) is 9.78 Å². The Morgan fingerprint density at radius 1 is 1.35 bits per heavy atom. The summed E-state index contributed by atoms with van der Waals surface area (Å²) in [6.07, 6.45) is 4.47. The van der Waals surface area contributed by atoms with Gasteiger partial charge in [0.15, 0.2) is 5.78 Å². The Kier molecular flexibility index (Phi) is 2.32. The van der Waals surface area contributed by atoms with E-state index in [4.69, 9.17) is 0 Å². The van der Waals surface area contributed by atoms with E-state index in [1.54, 1.807) is 6.92 Å². The van der Waals surface area contributed by atoms with E-state index in [1.165, 1.54) is 18.5 Å². The summed E-state index contributed by atoms with van der Waals surface area (Å²) in [6.45, 7) is 1.58. The maximum Gasteiger partial charge on any atom is 0.159 e. The topological polar surface area (TPSA) is 34.9 Å². The van der Waals surface area contributed by atoms with E-state index in [2.05, 4.69) is 11.2 Å². The van der Waals surface area contributed by atoms with E-state index in [0.717, 1.165) is 11.3 Å². The zero-order valence-electron chi connectivity index (χ0n) is 9.76. The van der Waals surface area contributed by atoms with Gasteiger partial charge in [-0.3, -0.25) is 4.79 Å². The monoisotopic (exact) mass is 226 g/mol. The number of nitrogens with zero attached hydrogens (tertiary/aromatic N) is 2. The molecule has 1 heterocycles. The predicted octanol–water partition coefficient (Wildman–Crippen LogP) is 2.95. The van der Waals surface area contributed by atoms with Gasteiger partial charge in [-0.05, 0) is 38.0 Å². The quantitative estimate of drug-likeness (QED) is 0.754. The molecule has 0 unspecified atom stereocenters. The maximum atomic E-state index is 11.3. The van der Waals surface area contributed by atoms with Gasteiger partial charge in [0, 0.05) is 17.7 Å². The molecule has 1 aromatic heterocycles. The number of carbonyl (C=O) groups is 1. The van der Waals surface area contributed by atoms with Crippen molar-refractivity contribution < 1.29 is 4.79 Å². The van der Waals surface area contributed by atoms with Gasteiger partial charge in [-0.1, -0.05) is 12.1 Å². The summed E-state index contributed by atoms with van der Waals surface area (Å²) in [6, 6.07) is 9.64. The molecule has 1 aromatic carbocycles. The number of hydrogen-bond donors (Lipinski definition) is 0. The van der Waals surface area contributed by atoms with Crippen LogP contribution in [0.25, 0.3) is 5.69 Å². The van der Waals surface area contributed by atoms with Crippen LogP contribution < -0.4 is 0 Å². The van der Waals surface area contributed by atoms with E-state index in [1.807, 2.05) is 35.1 Å². The fourth-order valence-electron chi connectivity index (χ4n) is 1.95. The van der Waals surface area contributed by atoms with Crippen molar-refractivity contribution in [2.45, 2.75) is 25.7 Å². The van der Waals surface area contributed by atoms with Crippen LogP contribution in [0.1, 0.15) is 41.7 Å². The third-order valence-corrected chi connectivity index (χ3v) is 3.12. The van der Waals surface area contributed by atoms with Crippen LogP contribution >= 0.6 is 0 Å². The third kappa shape index (κ3) is 2.00. The van der Waals surface area contributed by atoms with Crippen LogP contribution in [0.2, 0.25) is 0 Å². The molecule has 86 valence electrons. The van der Waals surface area contributed by atoms with Crippen LogP contribution in [0.5, 0.6) is 0 Å². The Balaban J connectivity index is 1.96. The van der Waals surface area contributed by atoms with Gasteiger partial charge in [0.25, 0.3) is 0 Å². The summed E-state index contributed by atoms with van der Waals surface area (Å²) >= 11 is 0. The van der Waals surface area contributed by atoms with Crippen molar-refractivity contribution in [3.05, 3.63) is 47.8 Å². The van der Waals surface area contributed by atoms with Crippen molar-refractivity contribution in [2.75, 3.05) is 0 Å². The number of Topliss-reactive ketones (excluding diaryl/α,β-unsaturated/α-hetero) is 1. The molecule has 1 aliphatic rings. The molecule has 0 saturated heterocycles. The number of ketones is 1. The molecule has 17 heavy (non-hydrogen) atoms. The van der Waals surface area contributed by atoms with Gasteiger partial charge < -0.3 is 0 Å². The highest BCUT2D eigenvalue weighted by Gasteiger charge is 2.25. The molecule has 1 fully saturated rings. The first-order chi connectivity index (χ1) is 8.24. The van der Waals surface area contributed by atoms with Crippen molar-refractivity contribution in [2.24, 2.45) is 0 Å². The number of hydrogen-bond acceptors (Lipinski definition) is 2. The summed E-state index contributed by atoms with van der Waals surface area (Å²) in [4.78, 5) is 11.3. The van der Waals surface area contributed by atoms with Crippen molar-refractivity contribution in [1.29, 1.82) is 0 Å². The average Bonchev–Trinajstić information content (AvgIpc) is 3.07. The summed E-state index contributed by atoms with van der Waals surface area (Å²) in [5.41, 5.74) is 2.84. The standard InChI is InChI=1S/C14H14N2O/c1-10(17)12-3-2-4-13(9-12)16-8-7-14(15-16)11-5-6-11/h2-4,7-9,11H,5-6H2,1H3. The van der Waals surface area contributed by atoms with Gasteiger partial charge in [-0.25, -0.2) is 4.68 Å². The van der Waals surface area contributed by atoms with E-state index in [9.17, 15) is 4.79 Å². The molecule has 0 N–H and O–H groups in total. The van der Waals surface area contributed by atoms with Crippen LogP contribution in [0, 0.1) is 0 Å². The Hall–Kier alpha value is -1.90. The van der Waals surface area contributed by atoms with Crippen LogP contribution in [-0.4, -0.2) is 15.6 Å². The molecular formula is C14H14N2O. The fourth-order valence-corrected chi connectivity index (χ4v) is 1.95. The molecule has 0 atom stereocenters. The largest absolute Gasteiger partial charge is 0.295 e. The molecule has 1 aliphatic carbocycles. The maximum absolute atomic E-state index is 11.3. The predicted molar refractivity (Wildman–Crippen MR) is 65.5 cm³/mol. The Bertz CT molecular complexity index is 567. The first-order valence-corrected chi connectivity index (χ1v) is 5.91. The molecular weight excluding hydrogens is 212 g/mol. The highest BCUT2D eigenvalue weighted by atomic mass is 16.1. The number of rotatable bonds is 3. The number of benzene rings is 1. The van der Waals surface area contributed by atoms with E-state index in [-0.39, 0.29) is 5.78 Å². The first-order valence-electron chi connectivity index (χ1n) is 5.91. The fraction of sp³-hybridized carbons (Fsp3) is 0.286. The highest BCUT2D eigenvalue weighted by molar-refractivity contribution is 5.94. The molecule has 0 aliphatic heterocycles. The minimum atomic E-state index is 0.0847. The molecule has 0 bridgehead atoms. The number of carbonyl (C=O) groups excluding carboxylic acids is 1. The lowest BCUT2D eigenvalue weighted by atomic mass is 10.1. The van der Waals surface area contributed by atoms with Gasteiger partial charge in [-0.15, -0.1) is 0 Å². The Labute approximate surface area is 100 Å². The summed E-state index contributed by atoms with van der Waals surface area (Å²) in [5.74, 6) is 0.744. The molecule has 0 radical (unpaired) electrons. The third-order valence-electron chi connectivity index (χ3n) is 3.12. The van der Waals surface area contributed by atoms with Crippen molar-refractivity contribution in [3.63, 3.8) is 0 Å². The normalized spacial score (nSPS) is 14.9. The van der Waals surface area contributed by atoms with E-state index in [0.29, 0.717) is 5.92 Å². The second kappa shape index (κ2) is 3.84. The Morgan fingerprint density at radius 2 is 2.18 bits per heavy atom. The van der Waals surface area contributed by atoms with Gasteiger partial charge in [0.2, 0.25) is 0 Å². The van der Waals surface area contributed by atoms with Crippen LogP contribution in [0.3, 0.4) is 0 Å². The lowest BCUT2D eigenvalue weighted by Gasteiger charge is -2.03. The summed E-state index contributed by atoms with van der Waals surface area (Å²) in [7, 11) is 0. The Morgan fingerprint density at radius 3 is 2.88 bits per heavy atom. The summed E-state index contributed by atoms with van der Waals surface area (Å²) in [5, 5.41) is 4.55. The molecule has 0 amide bonds. The molecule has 0 spiro atoms. The first kappa shape index (κ1) is 10.3. The second-order valence-electron chi connectivity index (χ2n) is 4.57. The number of aromatic nitrogens is 2. The van der Waals surface area contributed by atoms with Crippen molar-refractivity contribution >= 4 is 5.78 Å². The minimum absolute atomic E-state index is 0.0847. The second-order valence-corrected chi connectivity index (χ2v) is 4.57. The molecule has 1 saturated carbocycles.